The lowest BCUT2D eigenvalue weighted by Crippen LogP contribution is -2.29. The van der Waals surface area contributed by atoms with Crippen molar-refractivity contribution in [3.63, 3.8) is 0 Å². The zero-order chi connectivity index (χ0) is 10.6. The number of alkyl halides is 2. The average molecular weight is 231 g/mol. The molecule has 2 heteroatoms. The van der Waals surface area contributed by atoms with Gasteiger partial charge < -0.3 is 0 Å². The van der Waals surface area contributed by atoms with Crippen molar-refractivity contribution in [2.45, 2.75) is 25.7 Å². The third kappa shape index (κ3) is 2.24. The number of rotatable bonds is 4. The standard InChI is InChI=1S/C12H16Cl2/c1-3-12(8-13,9-14)11-6-4-10(2)5-7-11/h4-7H,3,8-9H2,1-2H3. The van der Waals surface area contributed by atoms with E-state index in [1.807, 2.05) is 0 Å². The second-order valence-electron chi connectivity index (χ2n) is 3.77. The summed E-state index contributed by atoms with van der Waals surface area (Å²) in [6.07, 6.45) is 0.975. The predicted octanol–water partition coefficient (Wildman–Crippen LogP) is 4.12. The Kier molecular flexibility index (Phi) is 4.28. The summed E-state index contributed by atoms with van der Waals surface area (Å²) in [6.45, 7) is 4.21. The van der Waals surface area contributed by atoms with Crippen molar-refractivity contribution >= 4 is 23.2 Å². The highest BCUT2D eigenvalue weighted by Crippen LogP contribution is 2.31. The van der Waals surface area contributed by atoms with Crippen LogP contribution in [0.2, 0.25) is 0 Å². The lowest BCUT2D eigenvalue weighted by Gasteiger charge is -2.28. The van der Waals surface area contributed by atoms with Crippen LogP contribution in [-0.2, 0) is 5.41 Å². The van der Waals surface area contributed by atoms with Crippen LogP contribution >= 0.6 is 23.2 Å². The molecule has 0 fully saturated rings. The lowest BCUT2D eigenvalue weighted by molar-refractivity contribution is 0.520. The molecule has 1 aromatic rings. The van der Waals surface area contributed by atoms with Gasteiger partial charge in [0.05, 0.1) is 0 Å². The Bertz CT molecular complexity index is 265. The minimum absolute atomic E-state index is 0.0587. The van der Waals surface area contributed by atoms with E-state index in [0.29, 0.717) is 11.8 Å². The number of benzene rings is 1. The quantitative estimate of drug-likeness (QED) is 0.684. The summed E-state index contributed by atoms with van der Waals surface area (Å²) < 4.78 is 0. The predicted molar refractivity (Wildman–Crippen MR) is 64.6 cm³/mol. The first-order valence-electron chi connectivity index (χ1n) is 4.87. The molecular weight excluding hydrogens is 215 g/mol. The van der Waals surface area contributed by atoms with Crippen molar-refractivity contribution in [1.82, 2.24) is 0 Å². The molecule has 14 heavy (non-hydrogen) atoms. The van der Waals surface area contributed by atoms with Crippen molar-refractivity contribution in [2.75, 3.05) is 11.8 Å². The fourth-order valence-electron chi connectivity index (χ4n) is 1.49. The summed E-state index contributed by atoms with van der Waals surface area (Å²) in [5.74, 6) is 1.16. The molecule has 0 aromatic heterocycles. The molecule has 0 aliphatic rings. The van der Waals surface area contributed by atoms with Crippen molar-refractivity contribution < 1.29 is 0 Å². The zero-order valence-corrected chi connectivity index (χ0v) is 10.2. The van der Waals surface area contributed by atoms with E-state index in [-0.39, 0.29) is 5.41 Å². The first-order valence-corrected chi connectivity index (χ1v) is 5.94. The number of aryl methyl sites for hydroxylation is 1. The molecular formula is C12H16Cl2. The van der Waals surface area contributed by atoms with Gasteiger partial charge in [0.2, 0.25) is 0 Å². The largest absolute Gasteiger partial charge is 0.126 e. The lowest BCUT2D eigenvalue weighted by atomic mass is 9.81. The van der Waals surface area contributed by atoms with Gasteiger partial charge >= 0.3 is 0 Å². The second-order valence-corrected chi connectivity index (χ2v) is 4.30. The van der Waals surface area contributed by atoms with Crippen molar-refractivity contribution in [3.05, 3.63) is 35.4 Å². The van der Waals surface area contributed by atoms with Crippen LogP contribution in [0.15, 0.2) is 24.3 Å². The second kappa shape index (κ2) is 5.04. The molecule has 1 aromatic carbocycles. The molecule has 0 aliphatic carbocycles. The van der Waals surface area contributed by atoms with Crippen LogP contribution in [-0.4, -0.2) is 11.8 Å². The molecule has 0 saturated carbocycles. The molecule has 0 heterocycles. The van der Waals surface area contributed by atoms with Crippen molar-refractivity contribution in [1.29, 1.82) is 0 Å². The van der Waals surface area contributed by atoms with Crippen molar-refractivity contribution in [2.24, 2.45) is 0 Å². The molecule has 0 bridgehead atoms. The van der Waals surface area contributed by atoms with E-state index in [9.17, 15) is 0 Å². The van der Waals surface area contributed by atoms with Crippen LogP contribution in [0.1, 0.15) is 24.5 Å². The fraction of sp³-hybridized carbons (Fsp3) is 0.500. The molecule has 0 atom stereocenters. The molecule has 0 N–H and O–H groups in total. The zero-order valence-electron chi connectivity index (χ0n) is 8.69. The van der Waals surface area contributed by atoms with Gasteiger partial charge in [0.1, 0.15) is 0 Å². The number of hydrogen-bond acceptors (Lipinski definition) is 0. The Morgan fingerprint density at radius 3 is 1.93 bits per heavy atom. The highest BCUT2D eigenvalue weighted by atomic mass is 35.5. The molecule has 0 aliphatic heterocycles. The molecule has 0 nitrogen and oxygen atoms in total. The van der Waals surface area contributed by atoms with Gasteiger partial charge in [-0.3, -0.25) is 0 Å². The van der Waals surface area contributed by atoms with Gasteiger partial charge in [-0.05, 0) is 18.9 Å². The van der Waals surface area contributed by atoms with E-state index in [2.05, 4.69) is 38.1 Å². The smallest absolute Gasteiger partial charge is 0.0331 e. The number of hydrogen-bond donors (Lipinski definition) is 0. The Hall–Kier alpha value is -0.200. The Labute approximate surface area is 96.2 Å². The van der Waals surface area contributed by atoms with E-state index < -0.39 is 0 Å². The topological polar surface area (TPSA) is 0 Å². The summed E-state index contributed by atoms with van der Waals surface area (Å²) >= 11 is 12.0. The summed E-state index contributed by atoms with van der Waals surface area (Å²) in [4.78, 5) is 0. The maximum atomic E-state index is 6.01. The first-order chi connectivity index (χ1) is 6.68. The SMILES string of the molecule is CCC(CCl)(CCl)c1ccc(C)cc1. The molecule has 1 rings (SSSR count). The van der Waals surface area contributed by atoms with E-state index >= 15 is 0 Å². The van der Waals surface area contributed by atoms with Crippen LogP contribution < -0.4 is 0 Å². The molecule has 0 saturated heterocycles. The normalized spacial score (nSPS) is 11.7. The van der Waals surface area contributed by atoms with Gasteiger partial charge in [0.15, 0.2) is 0 Å². The molecule has 0 radical (unpaired) electrons. The van der Waals surface area contributed by atoms with Gasteiger partial charge in [-0.1, -0.05) is 36.8 Å². The van der Waals surface area contributed by atoms with E-state index in [1.54, 1.807) is 0 Å². The Morgan fingerprint density at radius 1 is 1.07 bits per heavy atom. The third-order valence-corrected chi connectivity index (χ3v) is 3.88. The third-order valence-electron chi connectivity index (χ3n) is 2.85. The summed E-state index contributed by atoms with van der Waals surface area (Å²) in [5, 5.41) is 0. The number of halogens is 2. The molecule has 0 spiro atoms. The minimum Gasteiger partial charge on any atom is -0.126 e. The average Bonchev–Trinajstić information content (AvgIpc) is 2.24. The van der Waals surface area contributed by atoms with Crippen molar-refractivity contribution in [3.8, 4) is 0 Å². The summed E-state index contributed by atoms with van der Waals surface area (Å²) in [6, 6.07) is 8.48. The first kappa shape index (κ1) is 11.9. The van der Waals surface area contributed by atoms with Gasteiger partial charge in [-0.25, -0.2) is 0 Å². The maximum Gasteiger partial charge on any atom is 0.0331 e. The van der Waals surface area contributed by atoms with Crippen LogP contribution in [0.4, 0.5) is 0 Å². The van der Waals surface area contributed by atoms with Crippen LogP contribution in [0.25, 0.3) is 0 Å². The highest BCUT2D eigenvalue weighted by molar-refractivity contribution is 6.22. The minimum atomic E-state index is -0.0587. The van der Waals surface area contributed by atoms with Gasteiger partial charge in [0, 0.05) is 17.2 Å². The van der Waals surface area contributed by atoms with Gasteiger partial charge in [-0.15, -0.1) is 23.2 Å². The fourth-order valence-corrected chi connectivity index (χ4v) is 2.46. The van der Waals surface area contributed by atoms with E-state index in [4.69, 9.17) is 23.2 Å². The molecule has 0 amide bonds. The maximum absolute atomic E-state index is 6.01. The van der Waals surface area contributed by atoms with Crippen LogP contribution in [0, 0.1) is 6.92 Å². The molecule has 0 unspecified atom stereocenters. The Morgan fingerprint density at radius 2 is 1.57 bits per heavy atom. The Balaban J connectivity index is 3.05. The monoisotopic (exact) mass is 230 g/mol. The summed E-state index contributed by atoms with van der Waals surface area (Å²) in [7, 11) is 0. The highest BCUT2D eigenvalue weighted by Gasteiger charge is 2.28. The van der Waals surface area contributed by atoms with Crippen LogP contribution in [0.5, 0.6) is 0 Å². The molecule has 78 valence electrons. The van der Waals surface area contributed by atoms with Gasteiger partial charge in [0.25, 0.3) is 0 Å². The summed E-state index contributed by atoms with van der Waals surface area (Å²) in [5.41, 5.74) is 2.45. The van der Waals surface area contributed by atoms with E-state index in [1.165, 1.54) is 11.1 Å². The van der Waals surface area contributed by atoms with E-state index in [0.717, 1.165) is 6.42 Å². The van der Waals surface area contributed by atoms with Gasteiger partial charge in [-0.2, -0.15) is 0 Å². The van der Waals surface area contributed by atoms with Crippen LogP contribution in [0.3, 0.4) is 0 Å².